The number of nitrogens with one attached hydrogen (secondary N) is 1. The lowest BCUT2D eigenvalue weighted by molar-refractivity contribution is -0.134. The molecular weight excluding hydrogens is 427 g/mol. The fraction of sp³-hybridized carbons (Fsp3) is 0.688. The van der Waals surface area contributed by atoms with Gasteiger partial charge in [0.2, 0.25) is 5.91 Å². The number of ether oxygens (including phenoxy) is 3. The number of rotatable bonds is 9. The number of hydrogen-bond donors (Lipinski definition) is 3. The lowest BCUT2D eigenvalue weighted by Gasteiger charge is -2.30. The highest BCUT2D eigenvalue weighted by molar-refractivity contribution is 8.09. The van der Waals surface area contributed by atoms with Gasteiger partial charge >= 0.3 is 5.97 Å². The topological polar surface area (TPSA) is 144 Å². The SMILES string of the molecule is CO[C@@H]1[C@H](OC(C)C)[C@@H](COP(O)(=S)CC(=O)O)O[C@H]1N1C=CC(=O)NC(=O)C1. The number of carbonyl (C=O) groups is 3. The highest BCUT2D eigenvalue weighted by Gasteiger charge is 2.49. The third-order valence-corrected chi connectivity index (χ3v) is 6.02. The molecule has 13 heteroatoms. The number of hydrogen-bond acceptors (Lipinski definition) is 9. The second-order valence-corrected chi connectivity index (χ2v) is 10.4. The summed E-state index contributed by atoms with van der Waals surface area (Å²) < 4.78 is 22.7. The summed E-state index contributed by atoms with van der Waals surface area (Å²) in [6.07, 6.45) is -1.13. The number of aliphatic carboxylic acids is 1. The Balaban J connectivity index is 2.20. The van der Waals surface area contributed by atoms with Gasteiger partial charge in [-0.1, -0.05) is 0 Å². The third kappa shape index (κ3) is 6.82. The molecule has 1 unspecified atom stereocenters. The van der Waals surface area contributed by atoms with Gasteiger partial charge in [0.05, 0.1) is 19.3 Å². The van der Waals surface area contributed by atoms with Gasteiger partial charge in [-0.15, -0.1) is 0 Å². The maximum atomic E-state index is 11.9. The molecule has 0 radical (unpaired) electrons. The standard InChI is InChI=1S/C16H25N2O9PS/c1-9(2)26-14-10(7-25-28(23,29)8-13(21)22)27-16(15(14)24-3)18-5-4-11(19)17-12(20)6-18/h4-5,9-10,14-16H,6-8H2,1-3H3,(H,21,22)(H,23,29)(H,17,19,20)/t10-,14-,15-,16-,28?/m1/s1. The van der Waals surface area contributed by atoms with Crippen LogP contribution in [0.15, 0.2) is 12.3 Å². The number of carboxylic acid groups (broad SMARTS) is 1. The second-order valence-electron chi connectivity index (χ2n) is 6.80. The first kappa shape index (κ1) is 23.9. The van der Waals surface area contributed by atoms with E-state index in [0.29, 0.717) is 0 Å². The Hall–Kier alpha value is -1.40. The van der Waals surface area contributed by atoms with Gasteiger partial charge in [-0.3, -0.25) is 19.7 Å². The van der Waals surface area contributed by atoms with Gasteiger partial charge in [0.1, 0.15) is 24.5 Å². The first-order valence-electron chi connectivity index (χ1n) is 8.82. The van der Waals surface area contributed by atoms with Crippen LogP contribution in [0, 0.1) is 0 Å². The Kier molecular flexibility index (Phi) is 8.29. The molecule has 0 spiro atoms. The molecule has 5 atom stereocenters. The van der Waals surface area contributed by atoms with Crippen LogP contribution >= 0.6 is 6.49 Å². The van der Waals surface area contributed by atoms with Crippen molar-refractivity contribution in [2.75, 3.05) is 26.4 Å². The van der Waals surface area contributed by atoms with E-state index in [-0.39, 0.29) is 19.3 Å². The molecule has 164 valence electrons. The minimum atomic E-state index is -3.55. The minimum absolute atomic E-state index is 0.147. The smallest absolute Gasteiger partial charge is 0.313 e. The predicted octanol–water partition coefficient (Wildman–Crippen LogP) is -0.605. The fourth-order valence-corrected chi connectivity index (χ4v) is 4.35. The summed E-state index contributed by atoms with van der Waals surface area (Å²) in [7, 11) is 1.45. The highest BCUT2D eigenvalue weighted by Crippen LogP contribution is 2.43. The Morgan fingerprint density at radius 2 is 2.14 bits per heavy atom. The van der Waals surface area contributed by atoms with Crippen LogP contribution in [-0.2, 0) is 44.9 Å². The molecule has 1 saturated heterocycles. The minimum Gasteiger partial charge on any atom is -0.481 e. The van der Waals surface area contributed by atoms with E-state index < -0.39 is 55.0 Å². The molecular formula is C16H25N2O9PS. The molecule has 29 heavy (non-hydrogen) atoms. The molecule has 2 amide bonds. The normalized spacial score (nSPS) is 29.6. The highest BCUT2D eigenvalue weighted by atomic mass is 32.5. The Morgan fingerprint density at radius 3 is 2.72 bits per heavy atom. The van der Waals surface area contributed by atoms with Gasteiger partial charge in [-0.25, -0.2) is 0 Å². The molecule has 11 nitrogen and oxygen atoms in total. The molecule has 3 N–H and O–H groups in total. The van der Waals surface area contributed by atoms with Crippen LogP contribution in [-0.4, -0.2) is 89.8 Å². The van der Waals surface area contributed by atoms with Gasteiger partial charge in [0, 0.05) is 19.4 Å². The van der Waals surface area contributed by atoms with E-state index in [2.05, 4.69) is 5.32 Å². The van der Waals surface area contributed by atoms with Crippen molar-refractivity contribution < 1.29 is 43.1 Å². The number of carboxylic acids is 1. The van der Waals surface area contributed by atoms with Crippen LogP contribution in [0.3, 0.4) is 0 Å². The average molecular weight is 452 g/mol. The van der Waals surface area contributed by atoms with Crippen molar-refractivity contribution in [2.24, 2.45) is 0 Å². The predicted molar refractivity (Wildman–Crippen MR) is 103 cm³/mol. The fourth-order valence-electron chi connectivity index (χ4n) is 3.02. The van der Waals surface area contributed by atoms with Gasteiger partial charge in [0.15, 0.2) is 12.7 Å². The van der Waals surface area contributed by atoms with Crippen molar-refractivity contribution in [1.82, 2.24) is 10.2 Å². The van der Waals surface area contributed by atoms with E-state index in [1.165, 1.54) is 24.3 Å². The molecule has 0 aromatic heterocycles. The number of methoxy groups -OCH3 is 1. The van der Waals surface area contributed by atoms with Crippen LogP contribution in [0.25, 0.3) is 0 Å². The van der Waals surface area contributed by atoms with E-state index in [1.807, 2.05) is 13.8 Å². The van der Waals surface area contributed by atoms with Crippen LogP contribution in [0.5, 0.6) is 0 Å². The van der Waals surface area contributed by atoms with Crippen LogP contribution < -0.4 is 5.32 Å². The monoisotopic (exact) mass is 452 g/mol. The summed E-state index contributed by atoms with van der Waals surface area (Å²) in [5.41, 5.74) is 0. The molecule has 2 aliphatic heterocycles. The first-order valence-corrected chi connectivity index (χ1v) is 11.7. The van der Waals surface area contributed by atoms with Crippen molar-refractivity contribution in [1.29, 1.82) is 0 Å². The molecule has 0 aromatic carbocycles. The summed E-state index contributed by atoms with van der Waals surface area (Å²) in [6, 6.07) is 0. The number of carbonyl (C=O) groups excluding carboxylic acids is 2. The lowest BCUT2D eigenvalue weighted by Crippen LogP contribution is -2.46. The van der Waals surface area contributed by atoms with E-state index >= 15 is 0 Å². The summed E-state index contributed by atoms with van der Waals surface area (Å²) >= 11 is 4.86. The quantitative estimate of drug-likeness (QED) is 0.305. The zero-order valence-electron chi connectivity index (χ0n) is 16.2. The zero-order valence-corrected chi connectivity index (χ0v) is 17.9. The van der Waals surface area contributed by atoms with Crippen LogP contribution in [0.2, 0.25) is 0 Å². The molecule has 2 aliphatic rings. The zero-order chi connectivity index (χ0) is 21.8. The average Bonchev–Trinajstić information content (AvgIpc) is 2.82. The Morgan fingerprint density at radius 1 is 1.45 bits per heavy atom. The molecule has 2 rings (SSSR count). The lowest BCUT2D eigenvalue weighted by atomic mass is 10.1. The van der Waals surface area contributed by atoms with Crippen molar-refractivity contribution >= 4 is 36.1 Å². The van der Waals surface area contributed by atoms with Crippen LogP contribution in [0.1, 0.15) is 13.8 Å². The maximum Gasteiger partial charge on any atom is 0.313 e. The van der Waals surface area contributed by atoms with E-state index in [1.54, 1.807) is 0 Å². The third-order valence-electron chi connectivity index (χ3n) is 4.10. The first-order chi connectivity index (χ1) is 13.5. The largest absolute Gasteiger partial charge is 0.481 e. The van der Waals surface area contributed by atoms with Gasteiger partial charge < -0.3 is 33.6 Å². The van der Waals surface area contributed by atoms with E-state index in [4.69, 9.17) is 35.6 Å². The van der Waals surface area contributed by atoms with Crippen molar-refractivity contribution in [2.45, 2.75) is 44.5 Å². The summed E-state index contributed by atoms with van der Waals surface area (Å²) in [5.74, 6) is -2.32. The summed E-state index contributed by atoms with van der Waals surface area (Å²) in [6.45, 7) is -0.285. The number of imide groups is 1. The van der Waals surface area contributed by atoms with Gasteiger partial charge in [0.25, 0.3) is 5.91 Å². The molecule has 0 aliphatic carbocycles. The van der Waals surface area contributed by atoms with Gasteiger partial charge in [-0.05, 0) is 25.7 Å². The molecule has 2 heterocycles. The molecule has 0 saturated carbocycles. The van der Waals surface area contributed by atoms with E-state index in [0.717, 1.165) is 0 Å². The molecule has 0 bridgehead atoms. The molecule has 0 aromatic rings. The van der Waals surface area contributed by atoms with Crippen molar-refractivity contribution in [3.05, 3.63) is 12.3 Å². The van der Waals surface area contributed by atoms with E-state index in [9.17, 15) is 19.3 Å². The summed E-state index contributed by atoms with van der Waals surface area (Å²) in [4.78, 5) is 45.8. The van der Waals surface area contributed by atoms with Crippen molar-refractivity contribution in [3.63, 3.8) is 0 Å². The summed E-state index contributed by atoms with van der Waals surface area (Å²) in [5, 5.41) is 11.0. The van der Waals surface area contributed by atoms with Crippen LogP contribution in [0.4, 0.5) is 0 Å². The van der Waals surface area contributed by atoms with Crippen molar-refractivity contribution in [3.8, 4) is 0 Å². The maximum absolute atomic E-state index is 11.9. The molecule has 1 fully saturated rings. The van der Waals surface area contributed by atoms with Gasteiger partial charge in [-0.2, -0.15) is 0 Å². The number of amides is 2. The number of nitrogens with zero attached hydrogens (tertiary/aromatic N) is 1. The second kappa shape index (κ2) is 10.1. The Labute approximate surface area is 173 Å². The Bertz CT molecular complexity index is 717.